The molecular weight excluding hydrogens is 222 g/mol. The Morgan fingerprint density at radius 1 is 1.29 bits per heavy atom. The van der Waals surface area contributed by atoms with E-state index in [1.54, 1.807) is 25.3 Å². The van der Waals surface area contributed by atoms with Crippen molar-refractivity contribution in [1.82, 2.24) is 5.32 Å². The van der Waals surface area contributed by atoms with Gasteiger partial charge >= 0.3 is 0 Å². The summed E-state index contributed by atoms with van der Waals surface area (Å²) in [6.07, 6.45) is -0.694. The Bertz CT molecular complexity index is 433. The molecular formula is C12H15NO4. The molecule has 1 aliphatic rings. The van der Waals surface area contributed by atoms with Gasteiger partial charge in [0.25, 0.3) is 0 Å². The van der Waals surface area contributed by atoms with E-state index in [-0.39, 0.29) is 12.5 Å². The molecule has 2 atom stereocenters. The molecule has 2 unspecified atom stereocenters. The van der Waals surface area contributed by atoms with Crippen molar-refractivity contribution >= 4 is 5.91 Å². The highest BCUT2D eigenvalue weighted by atomic mass is 16.5. The molecule has 0 spiro atoms. The van der Waals surface area contributed by atoms with E-state index >= 15 is 0 Å². The molecule has 1 fully saturated rings. The lowest BCUT2D eigenvalue weighted by atomic mass is 9.95. The van der Waals surface area contributed by atoms with Crippen molar-refractivity contribution in [3.8, 4) is 11.5 Å². The predicted molar refractivity (Wildman–Crippen MR) is 61.3 cm³/mol. The van der Waals surface area contributed by atoms with E-state index in [4.69, 9.17) is 9.47 Å². The third-order valence-electron chi connectivity index (χ3n) is 2.92. The van der Waals surface area contributed by atoms with E-state index in [1.165, 1.54) is 7.11 Å². The van der Waals surface area contributed by atoms with Crippen LogP contribution in [0.1, 0.15) is 11.5 Å². The van der Waals surface area contributed by atoms with Crippen LogP contribution in [0.4, 0.5) is 0 Å². The fourth-order valence-electron chi connectivity index (χ4n) is 2.03. The molecule has 0 aromatic heterocycles. The zero-order valence-corrected chi connectivity index (χ0v) is 9.77. The molecule has 2 rings (SSSR count). The second-order valence-corrected chi connectivity index (χ2v) is 3.90. The summed E-state index contributed by atoms with van der Waals surface area (Å²) in [5.41, 5.74) is 0.727. The number of hydrogen-bond acceptors (Lipinski definition) is 4. The Morgan fingerprint density at radius 3 is 2.53 bits per heavy atom. The molecule has 0 aliphatic carbocycles. The van der Waals surface area contributed by atoms with Crippen LogP contribution in [0.15, 0.2) is 18.2 Å². The van der Waals surface area contributed by atoms with Gasteiger partial charge in [-0.3, -0.25) is 4.79 Å². The Morgan fingerprint density at radius 2 is 2.00 bits per heavy atom. The van der Waals surface area contributed by atoms with E-state index in [0.29, 0.717) is 11.5 Å². The number of benzene rings is 1. The van der Waals surface area contributed by atoms with Crippen LogP contribution in [0, 0.1) is 0 Å². The first-order chi connectivity index (χ1) is 8.17. The van der Waals surface area contributed by atoms with Gasteiger partial charge in [-0.15, -0.1) is 0 Å². The van der Waals surface area contributed by atoms with Crippen LogP contribution in [0.5, 0.6) is 11.5 Å². The Kier molecular flexibility index (Phi) is 3.19. The second-order valence-electron chi connectivity index (χ2n) is 3.90. The Balaban J connectivity index is 2.36. The summed E-state index contributed by atoms with van der Waals surface area (Å²) in [5.74, 6) is 0.459. The predicted octanol–water partition coefficient (Wildman–Crippen LogP) is 0.278. The number of methoxy groups -OCH3 is 2. The first-order valence-corrected chi connectivity index (χ1v) is 5.35. The molecule has 5 nitrogen and oxygen atoms in total. The van der Waals surface area contributed by atoms with Crippen LogP contribution >= 0.6 is 0 Å². The second kappa shape index (κ2) is 4.63. The normalized spacial score (nSPS) is 23.4. The van der Waals surface area contributed by atoms with Gasteiger partial charge in [0, 0.05) is 6.54 Å². The van der Waals surface area contributed by atoms with Crippen molar-refractivity contribution in [3.05, 3.63) is 23.8 Å². The zero-order valence-electron chi connectivity index (χ0n) is 9.77. The maximum Gasteiger partial charge on any atom is 0.230 e. The summed E-state index contributed by atoms with van der Waals surface area (Å²) < 4.78 is 10.3. The zero-order chi connectivity index (χ0) is 12.4. The smallest absolute Gasteiger partial charge is 0.230 e. The van der Waals surface area contributed by atoms with E-state index in [2.05, 4.69) is 5.32 Å². The molecule has 1 aliphatic heterocycles. The van der Waals surface area contributed by atoms with Gasteiger partial charge in [-0.2, -0.15) is 0 Å². The molecule has 1 amide bonds. The summed E-state index contributed by atoms with van der Waals surface area (Å²) in [6.45, 7) is 0.290. The molecule has 1 saturated heterocycles. The average Bonchev–Trinajstić information content (AvgIpc) is 2.68. The fourth-order valence-corrected chi connectivity index (χ4v) is 2.03. The highest BCUT2D eigenvalue weighted by Gasteiger charge is 2.34. The lowest BCUT2D eigenvalue weighted by molar-refractivity contribution is -0.121. The minimum Gasteiger partial charge on any atom is -0.493 e. The van der Waals surface area contributed by atoms with Crippen molar-refractivity contribution in [2.24, 2.45) is 0 Å². The molecule has 1 heterocycles. The summed E-state index contributed by atoms with van der Waals surface area (Å²) in [5, 5.41) is 12.4. The molecule has 1 aromatic carbocycles. The van der Waals surface area contributed by atoms with Gasteiger partial charge in [-0.25, -0.2) is 0 Å². The molecule has 0 radical (unpaired) electrons. The van der Waals surface area contributed by atoms with Gasteiger partial charge in [0.2, 0.25) is 5.91 Å². The van der Waals surface area contributed by atoms with Crippen molar-refractivity contribution in [2.75, 3.05) is 20.8 Å². The molecule has 2 N–H and O–H groups in total. The summed E-state index contributed by atoms with van der Waals surface area (Å²) in [4.78, 5) is 11.6. The number of carbonyl (C=O) groups excluding carboxylic acids is 1. The number of β-amino-alcohol motifs (C(OH)–C–C–N with tert-alkyl or cyclic N) is 1. The van der Waals surface area contributed by atoms with Gasteiger partial charge in [0.1, 0.15) is 0 Å². The van der Waals surface area contributed by atoms with Gasteiger partial charge in [-0.05, 0) is 17.7 Å². The standard InChI is InChI=1S/C12H15NO4/c1-16-9-4-3-7(5-10(9)17-2)11-8(14)6-13-12(11)15/h3-5,8,11,14H,6H2,1-2H3,(H,13,15). The SMILES string of the molecule is COc1ccc(C2C(=O)NCC2O)cc1OC. The van der Waals surface area contributed by atoms with Crippen LogP contribution in [-0.4, -0.2) is 37.9 Å². The maximum atomic E-state index is 11.6. The number of aliphatic hydroxyl groups excluding tert-OH is 1. The molecule has 92 valence electrons. The lowest BCUT2D eigenvalue weighted by Gasteiger charge is -2.14. The largest absolute Gasteiger partial charge is 0.493 e. The first-order valence-electron chi connectivity index (χ1n) is 5.35. The van der Waals surface area contributed by atoms with Crippen LogP contribution < -0.4 is 14.8 Å². The van der Waals surface area contributed by atoms with E-state index < -0.39 is 12.0 Å². The van der Waals surface area contributed by atoms with Crippen LogP contribution in [0.25, 0.3) is 0 Å². The lowest BCUT2D eigenvalue weighted by Crippen LogP contribution is -2.19. The topological polar surface area (TPSA) is 67.8 Å². The number of rotatable bonds is 3. The van der Waals surface area contributed by atoms with Gasteiger partial charge < -0.3 is 19.9 Å². The Labute approximate surface area is 99.3 Å². The van der Waals surface area contributed by atoms with Gasteiger partial charge in [0.15, 0.2) is 11.5 Å². The fraction of sp³-hybridized carbons (Fsp3) is 0.417. The Hall–Kier alpha value is -1.75. The summed E-state index contributed by atoms with van der Waals surface area (Å²) in [6, 6.07) is 5.21. The minimum absolute atomic E-state index is 0.162. The minimum atomic E-state index is -0.694. The van der Waals surface area contributed by atoms with Crippen molar-refractivity contribution < 1.29 is 19.4 Å². The van der Waals surface area contributed by atoms with Crippen LogP contribution in [0.3, 0.4) is 0 Å². The number of amides is 1. The van der Waals surface area contributed by atoms with Crippen LogP contribution in [0.2, 0.25) is 0 Å². The molecule has 1 aromatic rings. The van der Waals surface area contributed by atoms with E-state index in [1.807, 2.05) is 0 Å². The maximum absolute atomic E-state index is 11.6. The summed E-state index contributed by atoms with van der Waals surface area (Å²) >= 11 is 0. The number of carbonyl (C=O) groups is 1. The molecule has 0 bridgehead atoms. The highest BCUT2D eigenvalue weighted by Crippen LogP contribution is 2.33. The summed E-state index contributed by atoms with van der Waals surface area (Å²) in [7, 11) is 3.08. The first kappa shape index (κ1) is 11.7. The quantitative estimate of drug-likeness (QED) is 0.792. The van der Waals surface area contributed by atoms with Crippen LogP contribution in [-0.2, 0) is 4.79 Å². The van der Waals surface area contributed by atoms with E-state index in [9.17, 15) is 9.90 Å². The number of aliphatic hydroxyl groups is 1. The van der Waals surface area contributed by atoms with Crippen molar-refractivity contribution in [3.63, 3.8) is 0 Å². The molecule has 5 heteroatoms. The number of nitrogens with one attached hydrogen (secondary N) is 1. The van der Waals surface area contributed by atoms with E-state index in [0.717, 1.165) is 5.56 Å². The molecule has 0 saturated carbocycles. The van der Waals surface area contributed by atoms with Gasteiger partial charge in [-0.1, -0.05) is 6.07 Å². The monoisotopic (exact) mass is 237 g/mol. The van der Waals surface area contributed by atoms with Crippen molar-refractivity contribution in [2.45, 2.75) is 12.0 Å². The molecule has 17 heavy (non-hydrogen) atoms. The average molecular weight is 237 g/mol. The third-order valence-corrected chi connectivity index (χ3v) is 2.92. The van der Waals surface area contributed by atoms with Gasteiger partial charge in [0.05, 0.1) is 26.2 Å². The van der Waals surface area contributed by atoms with Crippen molar-refractivity contribution in [1.29, 1.82) is 0 Å². The number of hydrogen-bond donors (Lipinski definition) is 2. The number of ether oxygens (including phenoxy) is 2. The highest BCUT2D eigenvalue weighted by molar-refractivity contribution is 5.86. The third kappa shape index (κ3) is 2.06.